The number of fused-ring (bicyclic) bond motifs is 1. The van der Waals surface area contributed by atoms with Gasteiger partial charge >= 0.3 is 0 Å². The minimum Gasteiger partial charge on any atom is -0.323 e. The SMILES string of the molecule is N/N=c1\c(=O)/c(=N\N)c2ccccc12. The molecule has 0 saturated heterocycles. The van der Waals surface area contributed by atoms with Gasteiger partial charge in [0.05, 0.1) is 0 Å². The van der Waals surface area contributed by atoms with Gasteiger partial charge in [-0.1, -0.05) is 24.3 Å². The lowest BCUT2D eigenvalue weighted by Gasteiger charge is -1.85. The summed E-state index contributed by atoms with van der Waals surface area (Å²) < 4.78 is 0. The Morgan fingerprint density at radius 1 is 0.929 bits per heavy atom. The summed E-state index contributed by atoms with van der Waals surface area (Å²) in [6.45, 7) is 0. The fourth-order valence-electron chi connectivity index (χ4n) is 1.51. The zero-order valence-electron chi connectivity index (χ0n) is 7.27. The molecule has 0 amide bonds. The van der Waals surface area contributed by atoms with Crippen molar-refractivity contribution in [3.8, 4) is 0 Å². The first-order valence-corrected chi connectivity index (χ1v) is 4.00. The van der Waals surface area contributed by atoms with Crippen LogP contribution >= 0.6 is 0 Å². The molecule has 0 saturated carbocycles. The third-order valence-electron chi connectivity index (χ3n) is 2.13. The summed E-state index contributed by atoms with van der Waals surface area (Å²) in [4.78, 5) is 11.6. The van der Waals surface area contributed by atoms with Crippen LogP contribution in [0.5, 0.6) is 0 Å². The van der Waals surface area contributed by atoms with E-state index >= 15 is 0 Å². The second-order valence-electron chi connectivity index (χ2n) is 2.83. The van der Waals surface area contributed by atoms with Crippen LogP contribution < -0.4 is 27.8 Å². The summed E-state index contributed by atoms with van der Waals surface area (Å²) in [5.41, 5.74) is -0.323. The van der Waals surface area contributed by atoms with Crippen molar-refractivity contribution in [2.75, 3.05) is 0 Å². The van der Waals surface area contributed by atoms with Crippen LogP contribution in [0.3, 0.4) is 0 Å². The van der Waals surface area contributed by atoms with E-state index in [2.05, 4.69) is 10.2 Å². The molecule has 0 aromatic heterocycles. The van der Waals surface area contributed by atoms with Crippen LogP contribution in [0, 0.1) is 0 Å². The van der Waals surface area contributed by atoms with Crippen LogP contribution in [-0.2, 0) is 0 Å². The van der Waals surface area contributed by atoms with Crippen molar-refractivity contribution >= 4 is 10.8 Å². The minimum atomic E-state index is -0.323. The normalized spacial score (nSPS) is 14.0. The molecule has 2 aromatic rings. The van der Waals surface area contributed by atoms with Crippen molar-refractivity contribution in [3.05, 3.63) is 45.2 Å². The van der Waals surface area contributed by atoms with Crippen molar-refractivity contribution in [2.45, 2.75) is 0 Å². The summed E-state index contributed by atoms with van der Waals surface area (Å²) in [6, 6.07) is 7.13. The van der Waals surface area contributed by atoms with Gasteiger partial charge in [-0.15, -0.1) is 0 Å². The van der Waals surface area contributed by atoms with Crippen molar-refractivity contribution < 1.29 is 0 Å². The van der Waals surface area contributed by atoms with E-state index < -0.39 is 0 Å². The second kappa shape index (κ2) is 2.95. The van der Waals surface area contributed by atoms with Gasteiger partial charge in [-0.05, 0) is 0 Å². The number of hydrogen-bond donors (Lipinski definition) is 2. The maximum absolute atomic E-state index is 11.6. The Morgan fingerprint density at radius 2 is 1.36 bits per heavy atom. The average molecular weight is 188 g/mol. The highest BCUT2D eigenvalue weighted by molar-refractivity contribution is 5.82. The molecule has 0 aliphatic heterocycles. The first kappa shape index (κ1) is 8.43. The zero-order chi connectivity index (χ0) is 10.1. The topological polar surface area (TPSA) is 93.8 Å². The van der Waals surface area contributed by atoms with Crippen molar-refractivity contribution in [1.82, 2.24) is 0 Å². The van der Waals surface area contributed by atoms with Gasteiger partial charge in [-0.2, -0.15) is 10.2 Å². The van der Waals surface area contributed by atoms with E-state index in [-0.39, 0.29) is 16.1 Å². The Hall–Kier alpha value is -2.17. The number of hydrogen-bond acceptors (Lipinski definition) is 5. The van der Waals surface area contributed by atoms with Gasteiger partial charge in [-0.25, -0.2) is 0 Å². The van der Waals surface area contributed by atoms with E-state index in [1.165, 1.54) is 0 Å². The van der Waals surface area contributed by atoms with Crippen LogP contribution in [-0.4, -0.2) is 0 Å². The molecule has 2 rings (SSSR count). The maximum Gasteiger partial charge on any atom is 0.234 e. The molecule has 0 aliphatic rings. The summed E-state index contributed by atoms with van der Waals surface area (Å²) in [5.74, 6) is 10.3. The van der Waals surface area contributed by atoms with Gasteiger partial charge in [0, 0.05) is 10.8 Å². The summed E-state index contributed by atoms with van der Waals surface area (Å²) in [7, 11) is 0. The lowest BCUT2D eigenvalue weighted by atomic mass is 10.2. The van der Waals surface area contributed by atoms with E-state index in [4.69, 9.17) is 11.7 Å². The molecule has 2 aromatic carbocycles. The van der Waals surface area contributed by atoms with E-state index in [0.717, 1.165) is 0 Å². The maximum atomic E-state index is 11.6. The Morgan fingerprint density at radius 3 is 1.71 bits per heavy atom. The fourth-order valence-corrected chi connectivity index (χ4v) is 1.51. The lowest BCUT2D eigenvalue weighted by molar-refractivity contribution is 1.11. The fraction of sp³-hybridized carbons (Fsp3) is 0. The minimum absolute atomic E-state index is 0.213. The second-order valence-corrected chi connectivity index (χ2v) is 2.83. The molecule has 0 bridgehead atoms. The van der Waals surface area contributed by atoms with Gasteiger partial charge < -0.3 is 11.7 Å². The van der Waals surface area contributed by atoms with Gasteiger partial charge in [0.15, 0.2) is 0 Å². The first-order valence-electron chi connectivity index (χ1n) is 4.00. The Kier molecular flexibility index (Phi) is 1.78. The number of rotatable bonds is 0. The molecule has 4 N–H and O–H groups in total. The highest BCUT2D eigenvalue weighted by atomic mass is 16.1. The molecular formula is C9H8N4O. The van der Waals surface area contributed by atoms with E-state index in [1.54, 1.807) is 24.3 Å². The quantitative estimate of drug-likeness (QED) is 0.394. The Balaban J connectivity index is 3.26. The molecule has 14 heavy (non-hydrogen) atoms. The van der Waals surface area contributed by atoms with Crippen molar-refractivity contribution in [2.24, 2.45) is 21.9 Å². The van der Waals surface area contributed by atoms with Gasteiger partial charge in [0.25, 0.3) is 0 Å². The molecule has 0 fully saturated rings. The largest absolute Gasteiger partial charge is 0.323 e. The Bertz CT molecular complexity index is 581. The highest BCUT2D eigenvalue weighted by Gasteiger charge is 2.07. The molecule has 0 radical (unpaired) electrons. The average Bonchev–Trinajstić information content (AvgIpc) is 2.49. The lowest BCUT2D eigenvalue weighted by Crippen LogP contribution is -2.33. The summed E-state index contributed by atoms with van der Waals surface area (Å²) >= 11 is 0. The summed E-state index contributed by atoms with van der Waals surface area (Å²) in [6.07, 6.45) is 0. The van der Waals surface area contributed by atoms with Crippen LogP contribution in [0.1, 0.15) is 0 Å². The summed E-state index contributed by atoms with van der Waals surface area (Å²) in [5, 5.41) is 8.67. The molecule has 5 heteroatoms. The first-order chi connectivity index (χ1) is 6.79. The predicted molar refractivity (Wildman–Crippen MR) is 52.1 cm³/mol. The molecule has 5 nitrogen and oxygen atoms in total. The Labute approximate surface area is 78.7 Å². The van der Waals surface area contributed by atoms with Crippen LogP contribution in [0.15, 0.2) is 39.3 Å². The molecule has 0 heterocycles. The van der Waals surface area contributed by atoms with E-state index in [1.807, 2.05) is 0 Å². The molecule has 0 atom stereocenters. The van der Waals surface area contributed by atoms with E-state index in [9.17, 15) is 4.79 Å². The number of benzene rings is 1. The van der Waals surface area contributed by atoms with Gasteiger partial charge in [-0.3, -0.25) is 4.79 Å². The van der Waals surface area contributed by atoms with Crippen LogP contribution in [0.4, 0.5) is 0 Å². The zero-order valence-corrected chi connectivity index (χ0v) is 7.27. The molecular weight excluding hydrogens is 180 g/mol. The molecule has 0 aliphatic carbocycles. The van der Waals surface area contributed by atoms with E-state index in [0.29, 0.717) is 10.8 Å². The van der Waals surface area contributed by atoms with Crippen LogP contribution in [0.25, 0.3) is 10.8 Å². The van der Waals surface area contributed by atoms with Gasteiger partial charge in [0.1, 0.15) is 10.7 Å². The molecule has 0 unspecified atom stereocenters. The number of nitrogens with zero attached hydrogens (tertiary/aromatic N) is 2. The predicted octanol–water partition coefficient (Wildman–Crippen LogP) is -1.38. The van der Waals surface area contributed by atoms with Gasteiger partial charge in [0.2, 0.25) is 5.43 Å². The van der Waals surface area contributed by atoms with Crippen molar-refractivity contribution in [3.63, 3.8) is 0 Å². The third-order valence-corrected chi connectivity index (χ3v) is 2.13. The third kappa shape index (κ3) is 0.922. The van der Waals surface area contributed by atoms with Crippen LogP contribution in [0.2, 0.25) is 0 Å². The number of nitrogens with two attached hydrogens (primary N) is 2. The standard InChI is InChI=1S/C9H8N4O/c10-12-7-5-3-1-2-4-6(5)8(13-11)9(7)14/h1-4H,10-11H2/b12-7-,13-8-. The molecule has 0 spiro atoms. The van der Waals surface area contributed by atoms with Crippen molar-refractivity contribution in [1.29, 1.82) is 0 Å². The monoisotopic (exact) mass is 188 g/mol. The molecule has 70 valence electrons. The smallest absolute Gasteiger partial charge is 0.234 e. The highest BCUT2D eigenvalue weighted by Crippen LogP contribution is 2.01.